The predicted octanol–water partition coefficient (Wildman–Crippen LogP) is 4.99. The summed E-state index contributed by atoms with van der Waals surface area (Å²) in [6.07, 6.45) is 5.08. The third kappa shape index (κ3) is 4.49. The van der Waals surface area contributed by atoms with Crippen molar-refractivity contribution < 1.29 is 13.9 Å². The van der Waals surface area contributed by atoms with Gasteiger partial charge in [0.2, 0.25) is 5.88 Å². The highest BCUT2D eigenvalue weighted by Crippen LogP contribution is 2.44. The molecule has 0 radical (unpaired) electrons. The number of hydrogen-bond donors (Lipinski definition) is 0. The number of nitrogens with zero attached hydrogens (tertiary/aromatic N) is 5. The van der Waals surface area contributed by atoms with Gasteiger partial charge in [0.15, 0.2) is 5.82 Å². The monoisotopic (exact) mass is 471 g/mol. The lowest BCUT2D eigenvalue weighted by atomic mass is 9.82. The van der Waals surface area contributed by atoms with Gasteiger partial charge >= 0.3 is 6.01 Å². The Labute approximate surface area is 197 Å². The highest BCUT2D eigenvalue weighted by molar-refractivity contribution is 6.30. The van der Waals surface area contributed by atoms with E-state index in [9.17, 15) is 4.39 Å². The minimum absolute atomic E-state index is 0.0189. The molecule has 9 heteroatoms. The number of hydrogen-bond acceptors (Lipinski definition) is 6. The molecule has 33 heavy (non-hydrogen) atoms. The number of fused-ring (bicyclic) bond motifs is 2. The molecule has 0 N–H and O–H groups in total. The van der Waals surface area contributed by atoms with Gasteiger partial charge in [-0.15, -0.1) is 0 Å². The van der Waals surface area contributed by atoms with Gasteiger partial charge in [-0.05, 0) is 55.7 Å². The SMILES string of the molecule is CCn1nc(CC2[C@@H]3CC[C@H]2CN(c2ccnc(OC)c2)C3)nc1Oc1ccc(F)c(Cl)c1. The summed E-state index contributed by atoms with van der Waals surface area (Å²) < 4.78 is 26.4. The number of piperidine rings is 1. The molecule has 2 fully saturated rings. The first-order chi connectivity index (χ1) is 16.0. The van der Waals surface area contributed by atoms with E-state index in [1.807, 2.05) is 13.0 Å². The van der Waals surface area contributed by atoms with Gasteiger partial charge in [0.25, 0.3) is 0 Å². The molecule has 1 unspecified atom stereocenters. The second kappa shape index (κ2) is 9.17. The average Bonchev–Trinajstić information content (AvgIpc) is 3.31. The predicted molar refractivity (Wildman–Crippen MR) is 124 cm³/mol. The summed E-state index contributed by atoms with van der Waals surface area (Å²) in [5.41, 5.74) is 1.17. The van der Waals surface area contributed by atoms with Crippen LogP contribution in [-0.4, -0.2) is 39.9 Å². The Bertz CT molecular complexity index is 1130. The van der Waals surface area contributed by atoms with Crippen molar-refractivity contribution in [1.29, 1.82) is 0 Å². The van der Waals surface area contributed by atoms with Gasteiger partial charge in [0, 0.05) is 50.1 Å². The standard InChI is InChI=1S/C24H27ClFN5O2/c1-3-31-24(33-18-6-7-21(26)20(25)11-18)28-22(29-31)12-19-15-4-5-16(19)14-30(13-15)17-8-9-27-23(10-17)32-2/h6-11,15-16,19H,3-5,12-14H2,1-2H3/t15-,16+,19?. The number of pyridine rings is 1. The molecule has 0 amide bonds. The molecule has 7 nitrogen and oxygen atoms in total. The van der Waals surface area contributed by atoms with Crippen molar-refractivity contribution in [1.82, 2.24) is 19.7 Å². The number of halogens is 2. The van der Waals surface area contributed by atoms with Crippen LogP contribution in [0.2, 0.25) is 5.02 Å². The fraction of sp³-hybridized carbons (Fsp3) is 0.458. The van der Waals surface area contributed by atoms with Gasteiger partial charge < -0.3 is 14.4 Å². The Morgan fingerprint density at radius 2 is 1.94 bits per heavy atom. The van der Waals surface area contributed by atoms with Gasteiger partial charge in [-0.2, -0.15) is 10.1 Å². The lowest BCUT2D eigenvalue weighted by Gasteiger charge is -2.39. The second-order valence-electron chi connectivity index (χ2n) is 8.73. The van der Waals surface area contributed by atoms with Crippen molar-refractivity contribution in [3.63, 3.8) is 0 Å². The van der Waals surface area contributed by atoms with Crippen molar-refractivity contribution in [3.8, 4) is 17.6 Å². The van der Waals surface area contributed by atoms with E-state index in [-0.39, 0.29) is 5.02 Å². The van der Waals surface area contributed by atoms with Crippen molar-refractivity contribution in [2.24, 2.45) is 17.8 Å². The normalized spacial score (nSPS) is 21.9. The third-order valence-electron chi connectivity index (χ3n) is 6.82. The molecule has 3 heterocycles. The molecule has 5 rings (SSSR count). The molecule has 1 aromatic carbocycles. The first kappa shape index (κ1) is 21.9. The fourth-order valence-corrected chi connectivity index (χ4v) is 5.35. The molecular weight excluding hydrogens is 445 g/mol. The number of anilines is 1. The fourth-order valence-electron chi connectivity index (χ4n) is 5.18. The number of ether oxygens (including phenoxy) is 2. The minimum atomic E-state index is -0.478. The van der Waals surface area contributed by atoms with Gasteiger partial charge in [-0.25, -0.2) is 14.1 Å². The van der Waals surface area contributed by atoms with E-state index in [1.54, 1.807) is 24.1 Å². The van der Waals surface area contributed by atoms with E-state index < -0.39 is 5.82 Å². The maximum Gasteiger partial charge on any atom is 0.320 e. The van der Waals surface area contributed by atoms with Crippen LogP contribution < -0.4 is 14.4 Å². The highest BCUT2D eigenvalue weighted by atomic mass is 35.5. The molecule has 2 bridgehead atoms. The second-order valence-corrected chi connectivity index (χ2v) is 9.14. The van der Waals surface area contributed by atoms with Crippen molar-refractivity contribution >= 4 is 17.3 Å². The molecule has 2 aromatic heterocycles. The van der Waals surface area contributed by atoms with Crippen LogP contribution in [0.5, 0.6) is 17.6 Å². The third-order valence-corrected chi connectivity index (χ3v) is 7.11. The van der Waals surface area contributed by atoms with Crippen LogP contribution in [-0.2, 0) is 13.0 Å². The van der Waals surface area contributed by atoms with Crippen molar-refractivity contribution in [2.75, 3.05) is 25.1 Å². The zero-order valence-corrected chi connectivity index (χ0v) is 19.5. The molecule has 174 valence electrons. The number of aryl methyl sites for hydroxylation is 1. The van der Waals surface area contributed by atoms with Crippen LogP contribution >= 0.6 is 11.6 Å². The summed E-state index contributed by atoms with van der Waals surface area (Å²) in [7, 11) is 1.65. The average molecular weight is 472 g/mol. The molecule has 3 atom stereocenters. The number of rotatable bonds is 7. The molecule has 1 aliphatic carbocycles. The van der Waals surface area contributed by atoms with Gasteiger partial charge in [-0.1, -0.05) is 11.6 Å². The summed E-state index contributed by atoms with van der Waals surface area (Å²) in [6.45, 7) is 4.65. The zero-order chi connectivity index (χ0) is 22.9. The molecule has 3 aromatic rings. The summed E-state index contributed by atoms with van der Waals surface area (Å²) in [5.74, 6) is 3.14. The van der Waals surface area contributed by atoms with Crippen molar-refractivity contribution in [3.05, 3.63) is 53.2 Å². The quantitative estimate of drug-likeness (QED) is 0.483. The highest BCUT2D eigenvalue weighted by Gasteiger charge is 2.42. The van der Waals surface area contributed by atoms with E-state index in [0.717, 1.165) is 25.3 Å². The van der Waals surface area contributed by atoms with E-state index in [1.165, 1.54) is 30.7 Å². The molecule has 0 spiro atoms. The van der Waals surface area contributed by atoms with Gasteiger partial charge in [-0.3, -0.25) is 0 Å². The Balaban J connectivity index is 1.29. The Hall–Kier alpha value is -2.87. The maximum atomic E-state index is 13.5. The van der Waals surface area contributed by atoms with Crippen LogP contribution in [0.1, 0.15) is 25.6 Å². The van der Waals surface area contributed by atoms with E-state index in [0.29, 0.717) is 41.9 Å². The van der Waals surface area contributed by atoms with Crippen LogP contribution in [0, 0.1) is 23.6 Å². The first-order valence-corrected chi connectivity index (χ1v) is 11.7. The van der Waals surface area contributed by atoms with Crippen LogP contribution in [0.25, 0.3) is 0 Å². The Kier molecular flexibility index (Phi) is 6.10. The summed E-state index contributed by atoms with van der Waals surface area (Å²) in [6, 6.07) is 8.75. The molecule has 1 saturated heterocycles. The first-order valence-electron chi connectivity index (χ1n) is 11.4. The summed E-state index contributed by atoms with van der Waals surface area (Å²) in [4.78, 5) is 11.4. The minimum Gasteiger partial charge on any atom is -0.481 e. The van der Waals surface area contributed by atoms with E-state index in [2.05, 4.69) is 20.9 Å². The van der Waals surface area contributed by atoms with E-state index in [4.69, 9.17) is 26.2 Å². The topological polar surface area (TPSA) is 65.3 Å². The molecule has 2 aliphatic rings. The number of benzene rings is 1. The molecule has 1 aliphatic heterocycles. The van der Waals surface area contributed by atoms with Crippen LogP contribution in [0.3, 0.4) is 0 Å². The number of aromatic nitrogens is 4. The molecule has 1 saturated carbocycles. The van der Waals surface area contributed by atoms with Crippen LogP contribution in [0.15, 0.2) is 36.5 Å². The smallest absolute Gasteiger partial charge is 0.320 e. The summed E-state index contributed by atoms with van der Waals surface area (Å²) >= 11 is 5.89. The van der Waals surface area contributed by atoms with Gasteiger partial charge in [0.05, 0.1) is 12.1 Å². The zero-order valence-electron chi connectivity index (χ0n) is 18.7. The summed E-state index contributed by atoms with van der Waals surface area (Å²) in [5, 5.41) is 4.71. The van der Waals surface area contributed by atoms with Crippen LogP contribution in [0.4, 0.5) is 10.1 Å². The van der Waals surface area contributed by atoms with Gasteiger partial charge in [0.1, 0.15) is 11.6 Å². The molecular formula is C24H27ClFN5O2. The largest absolute Gasteiger partial charge is 0.481 e. The Morgan fingerprint density at radius 1 is 1.15 bits per heavy atom. The maximum absolute atomic E-state index is 13.5. The van der Waals surface area contributed by atoms with Crippen molar-refractivity contribution in [2.45, 2.75) is 32.7 Å². The lowest BCUT2D eigenvalue weighted by Crippen LogP contribution is -2.42. The number of methoxy groups -OCH3 is 1. The van der Waals surface area contributed by atoms with E-state index >= 15 is 0 Å². The lowest BCUT2D eigenvalue weighted by molar-refractivity contribution is 0.265. The Morgan fingerprint density at radius 3 is 2.64 bits per heavy atom.